The van der Waals surface area contributed by atoms with Gasteiger partial charge in [0.1, 0.15) is 10.9 Å². The molecule has 0 saturated carbocycles. The van der Waals surface area contributed by atoms with Gasteiger partial charge in [-0.1, -0.05) is 24.8 Å². The van der Waals surface area contributed by atoms with Gasteiger partial charge >= 0.3 is 0 Å². The van der Waals surface area contributed by atoms with Gasteiger partial charge in [-0.2, -0.15) is 0 Å². The van der Waals surface area contributed by atoms with Gasteiger partial charge in [0.25, 0.3) is 0 Å². The molecule has 1 N–H and O–H groups in total. The first-order valence-corrected chi connectivity index (χ1v) is 2.69. The molecule has 0 rings (SSSR count). The summed E-state index contributed by atoms with van der Waals surface area (Å²) in [6, 6.07) is 0. The minimum atomic E-state index is -0.0863. The smallest absolute Gasteiger partial charge is 0.129 e. The van der Waals surface area contributed by atoms with Crippen LogP contribution in [0.3, 0.4) is 0 Å². The average molecular weight is 146 g/mol. The fraction of sp³-hybridized carbons (Fsp3) is 0.167. The first-order valence-electron chi connectivity index (χ1n) is 2.32. The zero-order valence-electron chi connectivity index (χ0n) is 5.19. The van der Waals surface area contributed by atoms with E-state index in [1.54, 1.807) is 6.92 Å². The maximum absolute atomic E-state index is 8.64. The number of aliphatic hydroxyl groups excluding tert-OH is 1. The molecule has 0 amide bonds. The number of nitrogens with zero attached hydrogens (tertiary/aromatic N) is 1. The Morgan fingerprint density at radius 2 is 2.00 bits per heavy atom. The lowest BCUT2D eigenvalue weighted by molar-refractivity contribution is 0.445. The second-order valence-electron chi connectivity index (χ2n) is 1.52. The summed E-state index contributed by atoms with van der Waals surface area (Å²) >= 11 is 5.28. The summed E-state index contributed by atoms with van der Waals surface area (Å²) in [4.78, 5) is 3.61. The van der Waals surface area contributed by atoms with Crippen molar-refractivity contribution in [2.75, 3.05) is 0 Å². The molecule has 0 aromatic rings. The molecule has 50 valence electrons. The SMILES string of the molecule is C=C(Cl)N=C(C)C(=C)O. The largest absolute Gasteiger partial charge is 0.507 e. The van der Waals surface area contributed by atoms with Crippen molar-refractivity contribution in [3.8, 4) is 0 Å². The lowest BCUT2D eigenvalue weighted by Crippen LogP contribution is -1.92. The Morgan fingerprint density at radius 3 is 2.11 bits per heavy atom. The van der Waals surface area contributed by atoms with Crippen molar-refractivity contribution in [3.05, 3.63) is 24.1 Å². The van der Waals surface area contributed by atoms with E-state index in [1.165, 1.54) is 0 Å². The highest BCUT2D eigenvalue weighted by molar-refractivity contribution is 6.29. The number of halogens is 1. The normalized spacial score (nSPS) is 11.1. The van der Waals surface area contributed by atoms with Gasteiger partial charge in [0.15, 0.2) is 0 Å². The van der Waals surface area contributed by atoms with Crippen molar-refractivity contribution in [3.63, 3.8) is 0 Å². The Hall–Kier alpha value is -0.760. The van der Waals surface area contributed by atoms with Crippen molar-refractivity contribution < 1.29 is 5.11 Å². The molecule has 3 heteroatoms. The molecule has 0 aliphatic heterocycles. The quantitative estimate of drug-likeness (QED) is 0.361. The Balaban J connectivity index is 4.17. The summed E-state index contributed by atoms with van der Waals surface area (Å²) in [5.74, 6) is -0.0863. The third-order valence-corrected chi connectivity index (χ3v) is 0.791. The van der Waals surface area contributed by atoms with E-state index in [0.717, 1.165) is 0 Å². The van der Waals surface area contributed by atoms with E-state index in [4.69, 9.17) is 16.7 Å². The third kappa shape index (κ3) is 3.79. The van der Waals surface area contributed by atoms with Crippen molar-refractivity contribution >= 4 is 17.3 Å². The number of hydrogen-bond acceptors (Lipinski definition) is 2. The van der Waals surface area contributed by atoms with Crippen LogP contribution in [0, 0.1) is 0 Å². The predicted molar refractivity (Wildman–Crippen MR) is 39.9 cm³/mol. The molecule has 0 heterocycles. The zero-order chi connectivity index (χ0) is 7.44. The Morgan fingerprint density at radius 1 is 1.56 bits per heavy atom. The van der Waals surface area contributed by atoms with Crippen LogP contribution in [-0.4, -0.2) is 10.8 Å². The number of aliphatic imine (C=N–C) groups is 1. The Bertz CT molecular complexity index is 172. The van der Waals surface area contributed by atoms with Crippen LogP contribution in [0.5, 0.6) is 0 Å². The Kier molecular flexibility index (Phi) is 3.02. The molecule has 2 nitrogen and oxygen atoms in total. The van der Waals surface area contributed by atoms with Gasteiger partial charge < -0.3 is 5.11 Å². The monoisotopic (exact) mass is 145 g/mol. The van der Waals surface area contributed by atoms with Crippen LogP contribution in [0.15, 0.2) is 29.1 Å². The van der Waals surface area contributed by atoms with Crippen LogP contribution in [0.2, 0.25) is 0 Å². The third-order valence-electron chi connectivity index (χ3n) is 0.707. The van der Waals surface area contributed by atoms with E-state index >= 15 is 0 Å². The summed E-state index contributed by atoms with van der Waals surface area (Å²) < 4.78 is 0. The number of aliphatic hydroxyl groups is 1. The van der Waals surface area contributed by atoms with Gasteiger partial charge in [-0.3, -0.25) is 0 Å². The van der Waals surface area contributed by atoms with E-state index in [1.807, 2.05) is 0 Å². The second-order valence-corrected chi connectivity index (χ2v) is 1.96. The molecule has 0 aromatic carbocycles. The van der Waals surface area contributed by atoms with E-state index in [9.17, 15) is 0 Å². The summed E-state index contributed by atoms with van der Waals surface area (Å²) in [6.45, 7) is 8.13. The highest BCUT2D eigenvalue weighted by Gasteiger charge is 1.92. The molecule has 0 aliphatic rings. The summed E-state index contributed by atoms with van der Waals surface area (Å²) in [5, 5.41) is 8.79. The molecule has 0 atom stereocenters. The van der Waals surface area contributed by atoms with Crippen LogP contribution in [0.1, 0.15) is 6.92 Å². The van der Waals surface area contributed by atoms with E-state index in [2.05, 4.69) is 18.2 Å². The molecule has 0 radical (unpaired) electrons. The van der Waals surface area contributed by atoms with Gasteiger partial charge in [-0.05, 0) is 6.92 Å². The molecule has 0 spiro atoms. The summed E-state index contributed by atoms with van der Waals surface area (Å²) in [5.41, 5.74) is 0.384. The summed E-state index contributed by atoms with van der Waals surface area (Å²) in [6.07, 6.45) is 0. The zero-order valence-corrected chi connectivity index (χ0v) is 5.94. The van der Waals surface area contributed by atoms with Crippen molar-refractivity contribution in [2.24, 2.45) is 4.99 Å². The van der Waals surface area contributed by atoms with Gasteiger partial charge in [-0.25, -0.2) is 4.99 Å². The molecule has 0 aliphatic carbocycles. The van der Waals surface area contributed by atoms with Crippen LogP contribution in [0.25, 0.3) is 0 Å². The lowest BCUT2D eigenvalue weighted by atomic mass is 10.4. The van der Waals surface area contributed by atoms with E-state index < -0.39 is 0 Å². The van der Waals surface area contributed by atoms with Gasteiger partial charge in [0, 0.05) is 0 Å². The van der Waals surface area contributed by atoms with E-state index in [-0.39, 0.29) is 10.9 Å². The van der Waals surface area contributed by atoms with Crippen molar-refractivity contribution in [2.45, 2.75) is 6.92 Å². The average Bonchev–Trinajstić information content (AvgIpc) is 1.63. The fourth-order valence-corrected chi connectivity index (χ4v) is 0.373. The second kappa shape index (κ2) is 3.30. The molecular formula is C6H8ClNO. The van der Waals surface area contributed by atoms with Crippen LogP contribution in [0.4, 0.5) is 0 Å². The number of hydrogen-bond donors (Lipinski definition) is 1. The molecule has 9 heavy (non-hydrogen) atoms. The van der Waals surface area contributed by atoms with Gasteiger partial charge in [0.05, 0.1) is 5.71 Å². The first kappa shape index (κ1) is 8.24. The highest BCUT2D eigenvalue weighted by atomic mass is 35.5. The maximum atomic E-state index is 8.64. The number of rotatable bonds is 2. The fourth-order valence-electron chi connectivity index (χ4n) is 0.247. The van der Waals surface area contributed by atoms with Crippen molar-refractivity contribution in [1.82, 2.24) is 0 Å². The molecule has 0 aromatic heterocycles. The van der Waals surface area contributed by atoms with Gasteiger partial charge in [0.2, 0.25) is 0 Å². The molecular weight excluding hydrogens is 138 g/mol. The standard InChI is InChI=1S/C6H8ClNO/c1-4(5(2)9)8-6(3)7/h9H,2-3H2,1H3. The van der Waals surface area contributed by atoms with Crippen molar-refractivity contribution in [1.29, 1.82) is 0 Å². The highest BCUT2D eigenvalue weighted by Crippen LogP contribution is 2.00. The maximum Gasteiger partial charge on any atom is 0.129 e. The summed E-state index contributed by atoms with van der Waals surface area (Å²) in [7, 11) is 0. The predicted octanol–water partition coefficient (Wildman–Crippen LogP) is 2.23. The minimum absolute atomic E-state index is 0.0863. The Labute approximate surface area is 59.2 Å². The topological polar surface area (TPSA) is 32.6 Å². The molecule has 0 bridgehead atoms. The molecule has 0 unspecified atom stereocenters. The minimum Gasteiger partial charge on any atom is -0.507 e. The number of allylic oxidation sites excluding steroid dienone is 1. The van der Waals surface area contributed by atoms with Crippen LogP contribution in [-0.2, 0) is 0 Å². The van der Waals surface area contributed by atoms with E-state index in [0.29, 0.717) is 5.71 Å². The molecule has 0 saturated heterocycles. The van der Waals surface area contributed by atoms with Gasteiger partial charge in [-0.15, -0.1) is 0 Å². The first-order chi connectivity index (χ1) is 4.04. The molecule has 0 fully saturated rings. The van der Waals surface area contributed by atoms with Crippen LogP contribution < -0.4 is 0 Å². The lowest BCUT2D eigenvalue weighted by Gasteiger charge is -1.93. The van der Waals surface area contributed by atoms with Crippen LogP contribution >= 0.6 is 11.6 Å².